The summed E-state index contributed by atoms with van der Waals surface area (Å²) in [7, 11) is 0. The van der Waals surface area contributed by atoms with Crippen molar-refractivity contribution < 1.29 is 14.4 Å². The van der Waals surface area contributed by atoms with Crippen molar-refractivity contribution in [2.45, 2.75) is 19.4 Å². The second kappa shape index (κ2) is 8.67. The predicted octanol–water partition coefficient (Wildman–Crippen LogP) is 4.59. The summed E-state index contributed by atoms with van der Waals surface area (Å²) in [6.07, 6.45) is -1.09. The van der Waals surface area contributed by atoms with Crippen LogP contribution in [0.25, 0.3) is 11.4 Å². The Bertz CT molecular complexity index is 1010. The van der Waals surface area contributed by atoms with Crippen molar-refractivity contribution in [2.75, 3.05) is 6.54 Å². The number of halogens is 1. The van der Waals surface area contributed by atoms with Crippen molar-refractivity contribution in [3.63, 3.8) is 0 Å². The first-order chi connectivity index (χ1) is 13.5. The summed E-state index contributed by atoms with van der Waals surface area (Å²) in [6, 6.07) is 16.8. The highest BCUT2D eigenvalue weighted by Gasteiger charge is 2.20. The number of nitriles is 1. The number of nitrogens with zero attached hydrogens (tertiary/aromatic N) is 4. The molecule has 2 aromatic carbocycles. The van der Waals surface area contributed by atoms with Crippen LogP contribution in [-0.4, -0.2) is 32.8 Å². The molecular weight excluding hydrogens is 424 g/mol. The number of rotatable bonds is 6. The summed E-state index contributed by atoms with van der Waals surface area (Å²) < 4.78 is 5.90. The summed E-state index contributed by atoms with van der Waals surface area (Å²) >= 11 is 3.36. The van der Waals surface area contributed by atoms with Crippen LogP contribution in [-0.2, 0) is 6.54 Å². The number of aromatic nitrogens is 2. The molecule has 0 spiro atoms. The Morgan fingerprint density at radius 3 is 2.68 bits per heavy atom. The van der Waals surface area contributed by atoms with Gasteiger partial charge in [-0.3, -0.25) is 0 Å². The Morgan fingerprint density at radius 2 is 2.07 bits per heavy atom. The Kier molecular flexibility index (Phi) is 6.06. The van der Waals surface area contributed by atoms with Crippen LogP contribution < -0.4 is 0 Å². The topological polar surface area (TPSA) is 103 Å². The van der Waals surface area contributed by atoms with Gasteiger partial charge >= 0.3 is 6.09 Å². The summed E-state index contributed by atoms with van der Waals surface area (Å²) in [5.74, 6) is 0.345. The highest BCUT2D eigenvalue weighted by molar-refractivity contribution is 9.10. The molecule has 142 valence electrons. The van der Waals surface area contributed by atoms with Gasteiger partial charge in [0, 0.05) is 30.0 Å². The zero-order valence-corrected chi connectivity index (χ0v) is 16.6. The number of carboxylic acid groups (broad SMARTS) is 1. The van der Waals surface area contributed by atoms with Crippen LogP contribution in [0.2, 0.25) is 0 Å². The highest BCUT2D eigenvalue weighted by Crippen LogP contribution is 2.22. The van der Waals surface area contributed by atoms with Crippen molar-refractivity contribution in [1.29, 1.82) is 5.26 Å². The quantitative estimate of drug-likeness (QED) is 0.600. The molecule has 7 nitrogen and oxygen atoms in total. The minimum atomic E-state index is -1.09. The fraction of sp³-hybridized carbons (Fsp3) is 0.200. The summed E-state index contributed by atoms with van der Waals surface area (Å²) in [5, 5.41) is 23.0. The van der Waals surface area contributed by atoms with Gasteiger partial charge in [0.15, 0.2) is 0 Å². The van der Waals surface area contributed by atoms with Crippen LogP contribution in [0.15, 0.2) is 57.5 Å². The van der Waals surface area contributed by atoms with Crippen molar-refractivity contribution in [3.05, 3.63) is 70.0 Å². The van der Waals surface area contributed by atoms with Gasteiger partial charge in [0.2, 0.25) is 11.7 Å². The smallest absolute Gasteiger partial charge is 0.407 e. The van der Waals surface area contributed by atoms with Gasteiger partial charge in [-0.2, -0.15) is 10.2 Å². The highest BCUT2D eigenvalue weighted by atomic mass is 79.9. The fourth-order valence-electron chi connectivity index (χ4n) is 2.79. The third-order valence-corrected chi connectivity index (χ3v) is 4.72. The molecule has 0 saturated heterocycles. The Morgan fingerprint density at radius 1 is 1.32 bits per heavy atom. The molecule has 28 heavy (non-hydrogen) atoms. The van der Waals surface area contributed by atoms with Crippen LogP contribution >= 0.6 is 15.9 Å². The zero-order valence-electron chi connectivity index (χ0n) is 15.0. The first kappa shape index (κ1) is 19.6. The molecule has 3 rings (SSSR count). The van der Waals surface area contributed by atoms with E-state index in [1.165, 1.54) is 4.90 Å². The Balaban J connectivity index is 1.79. The molecule has 0 radical (unpaired) electrons. The number of carbonyl (C=O) groups is 1. The van der Waals surface area contributed by atoms with Crippen LogP contribution in [0.5, 0.6) is 0 Å². The monoisotopic (exact) mass is 440 g/mol. The van der Waals surface area contributed by atoms with E-state index in [2.05, 4.69) is 32.1 Å². The van der Waals surface area contributed by atoms with Gasteiger partial charge in [-0.15, -0.1) is 0 Å². The van der Waals surface area contributed by atoms with E-state index in [1.807, 2.05) is 48.5 Å². The zero-order chi connectivity index (χ0) is 20.1. The molecule has 0 aliphatic carbocycles. The van der Waals surface area contributed by atoms with Gasteiger partial charge in [-0.05, 0) is 29.3 Å². The van der Waals surface area contributed by atoms with E-state index in [0.717, 1.165) is 21.2 Å². The van der Waals surface area contributed by atoms with E-state index in [1.54, 1.807) is 6.92 Å². The Hall–Kier alpha value is -3.18. The third-order valence-electron chi connectivity index (χ3n) is 4.19. The van der Waals surface area contributed by atoms with E-state index >= 15 is 0 Å². The van der Waals surface area contributed by atoms with E-state index < -0.39 is 12.0 Å². The molecule has 3 aromatic rings. The van der Waals surface area contributed by atoms with Gasteiger partial charge in [0.05, 0.1) is 12.0 Å². The molecule has 1 atom stereocenters. The standard InChI is InChI=1S/C20H17BrN4O3/c1-13-23-19(24-28-13)16-4-2-3-14(9-16)11-25(20(26)27)12-17(10-22)15-5-7-18(21)8-6-15/h2-9,17H,11-12H2,1H3,(H,26,27). The third kappa shape index (κ3) is 4.75. The second-order valence-electron chi connectivity index (χ2n) is 6.23. The van der Waals surface area contributed by atoms with Crippen molar-refractivity contribution >= 4 is 22.0 Å². The van der Waals surface area contributed by atoms with Crippen molar-refractivity contribution in [1.82, 2.24) is 15.0 Å². The van der Waals surface area contributed by atoms with E-state index in [-0.39, 0.29) is 13.1 Å². The van der Waals surface area contributed by atoms with Gasteiger partial charge in [0.1, 0.15) is 0 Å². The van der Waals surface area contributed by atoms with E-state index in [9.17, 15) is 15.2 Å². The van der Waals surface area contributed by atoms with Crippen molar-refractivity contribution in [2.24, 2.45) is 0 Å². The first-order valence-corrected chi connectivity index (χ1v) is 9.28. The largest absolute Gasteiger partial charge is 0.465 e. The normalized spacial score (nSPS) is 11.6. The van der Waals surface area contributed by atoms with Crippen LogP contribution in [0.1, 0.15) is 22.9 Å². The van der Waals surface area contributed by atoms with Gasteiger partial charge in [0.25, 0.3) is 0 Å². The summed E-state index contributed by atoms with van der Waals surface area (Å²) in [5.41, 5.74) is 2.28. The number of aryl methyl sites for hydroxylation is 1. The van der Waals surface area contributed by atoms with Crippen molar-refractivity contribution in [3.8, 4) is 17.5 Å². The number of hydrogen-bond donors (Lipinski definition) is 1. The average Bonchev–Trinajstić information content (AvgIpc) is 3.12. The lowest BCUT2D eigenvalue weighted by atomic mass is 10.00. The van der Waals surface area contributed by atoms with Crippen LogP contribution in [0, 0.1) is 18.3 Å². The lowest BCUT2D eigenvalue weighted by Gasteiger charge is -2.22. The molecule has 1 N–H and O–H groups in total. The number of hydrogen-bond acceptors (Lipinski definition) is 5. The molecule has 1 amide bonds. The molecule has 8 heteroatoms. The maximum Gasteiger partial charge on any atom is 0.407 e. The molecule has 1 heterocycles. The molecule has 1 aromatic heterocycles. The van der Waals surface area contributed by atoms with Gasteiger partial charge in [-0.1, -0.05) is 51.4 Å². The minimum absolute atomic E-state index is 0.0685. The van der Waals surface area contributed by atoms with Gasteiger partial charge < -0.3 is 14.5 Å². The van der Waals surface area contributed by atoms with E-state index in [4.69, 9.17) is 4.52 Å². The summed E-state index contributed by atoms with van der Waals surface area (Å²) in [6.45, 7) is 1.92. The molecule has 0 aliphatic heterocycles. The fourth-order valence-corrected chi connectivity index (χ4v) is 3.06. The van der Waals surface area contributed by atoms with E-state index in [0.29, 0.717) is 11.7 Å². The number of amides is 1. The minimum Gasteiger partial charge on any atom is -0.465 e. The van der Waals surface area contributed by atoms with Crippen LogP contribution in [0.3, 0.4) is 0 Å². The molecule has 0 saturated carbocycles. The average molecular weight is 441 g/mol. The molecule has 0 fully saturated rings. The molecule has 0 aliphatic rings. The lowest BCUT2D eigenvalue weighted by Crippen LogP contribution is -2.32. The Labute approximate surface area is 170 Å². The number of benzene rings is 2. The maximum absolute atomic E-state index is 11.8. The SMILES string of the molecule is Cc1nc(-c2cccc(CN(CC(C#N)c3ccc(Br)cc3)C(=O)O)c2)no1. The predicted molar refractivity (Wildman–Crippen MR) is 105 cm³/mol. The second-order valence-corrected chi connectivity index (χ2v) is 7.15. The lowest BCUT2D eigenvalue weighted by molar-refractivity contribution is 0.141. The molecule has 0 bridgehead atoms. The maximum atomic E-state index is 11.8. The van der Waals surface area contributed by atoms with Crippen LogP contribution in [0.4, 0.5) is 4.79 Å². The molecule has 1 unspecified atom stereocenters. The first-order valence-electron chi connectivity index (χ1n) is 8.49. The summed E-state index contributed by atoms with van der Waals surface area (Å²) in [4.78, 5) is 17.2. The van der Waals surface area contributed by atoms with Gasteiger partial charge in [-0.25, -0.2) is 4.79 Å². The molecular formula is C20H17BrN4O3.